The van der Waals surface area contributed by atoms with Crippen molar-refractivity contribution in [2.24, 2.45) is 0 Å². The van der Waals surface area contributed by atoms with Crippen molar-refractivity contribution in [3.8, 4) is 5.75 Å². The van der Waals surface area contributed by atoms with Crippen molar-refractivity contribution in [3.63, 3.8) is 0 Å². The Balaban J connectivity index is 1.67. The second-order valence-corrected chi connectivity index (χ2v) is 7.05. The van der Waals surface area contributed by atoms with Crippen LogP contribution >= 0.6 is 0 Å². The summed E-state index contributed by atoms with van der Waals surface area (Å²) >= 11 is 0. The van der Waals surface area contributed by atoms with Crippen LogP contribution in [0.15, 0.2) is 54.6 Å². The molecule has 7 nitrogen and oxygen atoms in total. The SMILES string of the molecule is C[C@H]1OC(OC2C(=O)c3ccccc3OC2c2ccccc2)[C@@H](O)[C@@H](O)[C@@H]1O. The van der Waals surface area contributed by atoms with E-state index in [2.05, 4.69) is 0 Å². The van der Waals surface area contributed by atoms with E-state index in [4.69, 9.17) is 14.2 Å². The van der Waals surface area contributed by atoms with Gasteiger partial charge in [0.25, 0.3) is 0 Å². The topological polar surface area (TPSA) is 105 Å². The number of para-hydroxylation sites is 1. The van der Waals surface area contributed by atoms with Gasteiger partial charge in [0.15, 0.2) is 24.3 Å². The Bertz CT molecular complexity index is 840. The van der Waals surface area contributed by atoms with E-state index in [1.807, 2.05) is 30.3 Å². The lowest BCUT2D eigenvalue weighted by Crippen LogP contribution is -2.59. The average Bonchev–Trinajstić information content (AvgIpc) is 2.72. The summed E-state index contributed by atoms with van der Waals surface area (Å²) in [5.41, 5.74) is 1.10. The first-order valence-electron chi connectivity index (χ1n) is 9.17. The second-order valence-electron chi connectivity index (χ2n) is 7.05. The minimum Gasteiger partial charge on any atom is -0.482 e. The van der Waals surface area contributed by atoms with Crippen LogP contribution in [-0.4, -0.2) is 57.9 Å². The van der Waals surface area contributed by atoms with E-state index in [-0.39, 0.29) is 5.78 Å². The first-order valence-corrected chi connectivity index (χ1v) is 9.17. The number of rotatable bonds is 3. The van der Waals surface area contributed by atoms with E-state index < -0.39 is 42.9 Å². The predicted octanol–water partition coefficient (Wildman–Crippen LogP) is 1.22. The lowest BCUT2D eigenvalue weighted by atomic mass is 9.93. The van der Waals surface area contributed by atoms with Gasteiger partial charge in [-0.05, 0) is 24.6 Å². The molecule has 0 radical (unpaired) electrons. The van der Waals surface area contributed by atoms with Gasteiger partial charge in [-0.2, -0.15) is 0 Å². The third-order valence-corrected chi connectivity index (χ3v) is 5.16. The molecule has 4 rings (SSSR count). The van der Waals surface area contributed by atoms with Gasteiger partial charge in [0.05, 0.1) is 11.7 Å². The van der Waals surface area contributed by atoms with Gasteiger partial charge < -0.3 is 29.5 Å². The fourth-order valence-electron chi connectivity index (χ4n) is 3.55. The highest BCUT2D eigenvalue weighted by Gasteiger charge is 2.47. The molecule has 7 atom stereocenters. The molecular formula is C21H22O7. The molecule has 2 aromatic carbocycles. The second kappa shape index (κ2) is 7.62. The van der Waals surface area contributed by atoms with Crippen LogP contribution in [0, 0.1) is 0 Å². The molecule has 2 aliphatic rings. The molecule has 3 N–H and O–H groups in total. The summed E-state index contributed by atoms with van der Waals surface area (Å²) in [5, 5.41) is 30.2. The maximum absolute atomic E-state index is 13.2. The third-order valence-electron chi connectivity index (χ3n) is 5.16. The lowest BCUT2D eigenvalue weighted by molar-refractivity contribution is -0.304. The van der Waals surface area contributed by atoms with Crippen LogP contribution in [0.2, 0.25) is 0 Å². The van der Waals surface area contributed by atoms with Gasteiger partial charge >= 0.3 is 0 Å². The summed E-state index contributed by atoms with van der Waals surface area (Å²) in [6.45, 7) is 1.55. The normalized spacial score (nSPS) is 35.1. The molecule has 0 bridgehead atoms. The Hall–Kier alpha value is -2.29. The molecule has 3 unspecified atom stereocenters. The first-order chi connectivity index (χ1) is 13.5. The summed E-state index contributed by atoms with van der Waals surface area (Å²) in [6.07, 6.45) is -8.11. The van der Waals surface area contributed by atoms with Crippen LogP contribution in [0.5, 0.6) is 5.75 Å². The fraction of sp³-hybridized carbons (Fsp3) is 0.381. The third kappa shape index (κ3) is 3.32. The molecule has 0 aromatic heterocycles. The summed E-state index contributed by atoms with van der Waals surface area (Å²) in [7, 11) is 0. The number of carbonyl (C=O) groups is 1. The largest absolute Gasteiger partial charge is 0.482 e. The molecule has 7 heteroatoms. The zero-order valence-corrected chi connectivity index (χ0v) is 15.2. The number of ketones is 1. The van der Waals surface area contributed by atoms with Crippen LogP contribution in [0.25, 0.3) is 0 Å². The maximum atomic E-state index is 13.2. The van der Waals surface area contributed by atoms with Crippen LogP contribution in [-0.2, 0) is 9.47 Å². The van der Waals surface area contributed by atoms with Crippen LogP contribution in [0.1, 0.15) is 28.9 Å². The number of hydrogen-bond acceptors (Lipinski definition) is 7. The number of ether oxygens (including phenoxy) is 3. The monoisotopic (exact) mass is 386 g/mol. The predicted molar refractivity (Wildman–Crippen MR) is 97.8 cm³/mol. The average molecular weight is 386 g/mol. The van der Waals surface area contributed by atoms with Gasteiger partial charge in [-0.3, -0.25) is 4.79 Å². The van der Waals surface area contributed by atoms with Gasteiger partial charge in [-0.15, -0.1) is 0 Å². The Kier molecular flexibility index (Phi) is 5.18. The fourth-order valence-corrected chi connectivity index (χ4v) is 3.55. The Morgan fingerprint density at radius 2 is 1.57 bits per heavy atom. The van der Waals surface area contributed by atoms with Crippen LogP contribution in [0.4, 0.5) is 0 Å². The van der Waals surface area contributed by atoms with Crippen molar-refractivity contribution >= 4 is 5.78 Å². The summed E-state index contributed by atoms with van der Waals surface area (Å²) in [6, 6.07) is 16.0. The molecule has 0 amide bonds. The number of carbonyl (C=O) groups excluding carboxylic acids is 1. The molecule has 1 saturated heterocycles. The molecule has 0 saturated carbocycles. The van der Waals surface area contributed by atoms with Gasteiger partial charge in [0.1, 0.15) is 24.1 Å². The Morgan fingerprint density at radius 1 is 0.893 bits per heavy atom. The molecule has 2 aliphatic heterocycles. The Morgan fingerprint density at radius 3 is 2.32 bits per heavy atom. The van der Waals surface area contributed by atoms with Gasteiger partial charge in [-0.25, -0.2) is 0 Å². The lowest BCUT2D eigenvalue weighted by Gasteiger charge is -2.42. The highest BCUT2D eigenvalue weighted by Crippen LogP contribution is 2.38. The minimum atomic E-state index is -1.51. The van der Waals surface area contributed by atoms with E-state index >= 15 is 0 Å². The van der Waals surface area contributed by atoms with E-state index in [0.717, 1.165) is 5.56 Å². The minimum absolute atomic E-state index is 0.306. The number of aliphatic hydroxyl groups is 3. The molecule has 148 valence electrons. The maximum Gasteiger partial charge on any atom is 0.199 e. The molecular weight excluding hydrogens is 364 g/mol. The van der Waals surface area contributed by atoms with Gasteiger partial charge in [0, 0.05) is 0 Å². The number of benzene rings is 2. The zero-order valence-electron chi connectivity index (χ0n) is 15.2. The standard InChI is InChI=1S/C21H22O7/c1-11-15(22)17(24)18(25)21(26-11)28-20-16(23)13-9-5-6-10-14(13)27-19(20)12-7-3-2-4-8-12/h2-11,15,17-22,24-25H,1H3/t11-,15-,17+,18+,19?,20?,21?/m1/s1. The van der Waals surface area contributed by atoms with Crippen molar-refractivity contribution in [1.29, 1.82) is 0 Å². The molecule has 0 aliphatic carbocycles. The number of aliphatic hydroxyl groups excluding tert-OH is 3. The molecule has 2 heterocycles. The van der Waals surface area contributed by atoms with E-state index in [9.17, 15) is 20.1 Å². The summed E-state index contributed by atoms with van der Waals surface area (Å²) in [5.74, 6) is 0.148. The molecule has 0 spiro atoms. The van der Waals surface area contributed by atoms with Crippen molar-refractivity contribution < 1.29 is 34.3 Å². The highest BCUT2D eigenvalue weighted by molar-refractivity contribution is 6.03. The number of Topliss-reactive ketones (excluding diaryl/α,β-unsaturated/α-hetero) is 1. The summed E-state index contributed by atoms with van der Waals surface area (Å²) in [4.78, 5) is 13.2. The molecule has 28 heavy (non-hydrogen) atoms. The smallest absolute Gasteiger partial charge is 0.199 e. The first kappa shape index (κ1) is 19.0. The number of hydrogen-bond donors (Lipinski definition) is 3. The summed E-state index contributed by atoms with van der Waals surface area (Å²) < 4.78 is 17.4. The highest BCUT2D eigenvalue weighted by atomic mass is 16.7. The van der Waals surface area contributed by atoms with E-state index in [1.54, 1.807) is 31.2 Å². The zero-order chi connectivity index (χ0) is 19.8. The van der Waals surface area contributed by atoms with Gasteiger partial charge in [0.2, 0.25) is 0 Å². The van der Waals surface area contributed by atoms with E-state index in [1.165, 1.54) is 0 Å². The quantitative estimate of drug-likeness (QED) is 0.728. The Labute approximate surface area is 162 Å². The molecule has 1 fully saturated rings. The van der Waals surface area contributed by atoms with Crippen LogP contribution in [0.3, 0.4) is 0 Å². The van der Waals surface area contributed by atoms with Crippen molar-refractivity contribution in [2.75, 3.05) is 0 Å². The van der Waals surface area contributed by atoms with Gasteiger partial charge in [-0.1, -0.05) is 42.5 Å². The van der Waals surface area contributed by atoms with Crippen molar-refractivity contribution in [2.45, 2.75) is 49.8 Å². The molecule has 2 aromatic rings. The van der Waals surface area contributed by atoms with Crippen molar-refractivity contribution in [1.82, 2.24) is 0 Å². The van der Waals surface area contributed by atoms with Crippen LogP contribution < -0.4 is 4.74 Å². The van der Waals surface area contributed by atoms with E-state index in [0.29, 0.717) is 11.3 Å². The van der Waals surface area contributed by atoms with Crippen molar-refractivity contribution in [3.05, 3.63) is 65.7 Å². The number of fused-ring (bicyclic) bond motifs is 1.